The molecule has 6 heterocycles. The number of thiophene rings is 1. The number of nitriles is 1. The van der Waals surface area contributed by atoms with Crippen LogP contribution in [-0.4, -0.2) is 23.3 Å². The van der Waals surface area contributed by atoms with Crippen LogP contribution in [0.2, 0.25) is 0 Å². The fourth-order valence-electron chi connectivity index (χ4n) is 13.5. The van der Waals surface area contributed by atoms with Crippen LogP contribution in [0.5, 0.6) is 0 Å². The van der Waals surface area contributed by atoms with Crippen LogP contribution in [0.4, 0.5) is 0 Å². The Morgan fingerprint density at radius 3 is 1.14 bits per heavy atom. The van der Waals surface area contributed by atoms with Gasteiger partial charge in [0, 0.05) is 64.9 Å². The first-order chi connectivity index (χ1) is 37.9. The molecular weight excluding hydrogens is 957 g/mol. The van der Waals surface area contributed by atoms with Gasteiger partial charge in [0.2, 0.25) is 0 Å². The molecule has 0 unspecified atom stereocenters. The van der Waals surface area contributed by atoms with Crippen molar-refractivity contribution in [2.75, 3.05) is 0 Å². The maximum Gasteiger partial charge on any atom is 0.104 e. The van der Waals surface area contributed by atoms with Crippen LogP contribution in [0, 0.1) is 39.0 Å². The van der Waals surface area contributed by atoms with E-state index in [0.717, 1.165) is 131 Å². The van der Waals surface area contributed by atoms with E-state index in [1.54, 1.807) is 11.3 Å². The Kier molecular flexibility index (Phi) is 9.14. The second-order valence-corrected chi connectivity index (χ2v) is 21.8. The minimum absolute atomic E-state index is 0.552. The summed E-state index contributed by atoms with van der Waals surface area (Å²) in [4.78, 5) is 4.95. The molecule has 0 saturated carbocycles. The van der Waals surface area contributed by atoms with Gasteiger partial charge in [0.05, 0.1) is 77.1 Å². The van der Waals surface area contributed by atoms with E-state index in [0.29, 0.717) is 5.56 Å². The van der Waals surface area contributed by atoms with Crippen molar-refractivity contribution in [1.29, 1.82) is 5.26 Å². The number of para-hydroxylation sites is 4. The number of fused-ring (bicyclic) bond motifs is 15. The summed E-state index contributed by atoms with van der Waals surface area (Å²) in [7, 11) is 0. The smallest absolute Gasteiger partial charge is 0.104 e. The van der Waals surface area contributed by atoms with Gasteiger partial charge in [0.25, 0.3) is 0 Å². The standard InChI is InChI=1S/C70H46N6S/c1-40-18-13-30-55-61(40)45-22-5-9-26-51(45)73(55)67-50(39-71)68(74-52-27-10-6-23-46(52)62-41(2)19-14-31-56(62)74)70(76-54-29-12-8-25-48(54)64-43(4)21-16-33-58(64)76)65(44-35-36-49-60(38-44)77-59-34-17-37-72-66(49)59)69(67)75-53-28-11-7-24-47(53)63-42(3)20-15-32-57(63)75/h5-38H,1-4H3. The van der Waals surface area contributed by atoms with Gasteiger partial charge in [-0.1, -0.05) is 133 Å². The van der Waals surface area contributed by atoms with Crippen LogP contribution in [0.3, 0.4) is 0 Å². The Bertz CT molecular complexity index is 5030. The van der Waals surface area contributed by atoms with Gasteiger partial charge in [-0.2, -0.15) is 5.26 Å². The largest absolute Gasteiger partial charge is 0.306 e. The van der Waals surface area contributed by atoms with E-state index in [-0.39, 0.29) is 0 Å². The van der Waals surface area contributed by atoms with Crippen LogP contribution in [-0.2, 0) is 0 Å². The monoisotopic (exact) mass is 1000 g/mol. The minimum Gasteiger partial charge on any atom is -0.306 e. The molecule has 7 heteroatoms. The number of pyridine rings is 1. The molecule has 10 aromatic carbocycles. The predicted molar refractivity (Wildman–Crippen MR) is 324 cm³/mol. The van der Waals surface area contributed by atoms with E-state index in [9.17, 15) is 5.26 Å². The summed E-state index contributed by atoms with van der Waals surface area (Å²) in [5.74, 6) is 0. The van der Waals surface area contributed by atoms with Gasteiger partial charge in [-0.15, -0.1) is 11.3 Å². The Labute approximate surface area is 446 Å². The van der Waals surface area contributed by atoms with Crippen molar-refractivity contribution in [3.63, 3.8) is 0 Å². The molecule has 0 N–H and O–H groups in total. The van der Waals surface area contributed by atoms with Crippen molar-refractivity contribution in [1.82, 2.24) is 23.3 Å². The molecule has 0 spiro atoms. The molecule has 77 heavy (non-hydrogen) atoms. The fraction of sp³-hybridized carbons (Fsp3) is 0.0571. The number of benzene rings is 10. The maximum atomic E-state index is 13.0. The van der Waals surface area contributed by atoms with Crippen molar-refractivity contribution in [2.24, 2.45) is 0 Å². The highest BCUT2D eigenvalue weighted by atomic mass is 32.1. The van der Waals surface area contributed by atoms with Gasteiger partial charge in [0.1, 0.15) is 11.6 Å². The number of hydrogen-bond donors (Lipinski definition) is 0. The third kappa shape index (κ3) is 5.85. The normalized spacial score (nSPS) is 12.1. The Morgan fingerprint density at radius 1 is 0.364 bits per heavy atom. The molecule has 0 saturated heterocycles. The Balaban J connectivity index is 1.28. The van der Waals surface area contributed by atoms with Crippen LogP contribution >= 0.6 is 11.3 Å². The predicted octanol–water partition coefficient (Wildman–Crippen LogP) is 18.6. The van der Waals surface area contributed by atoms with Crippen LogP contribution < -0.4 is 0 Å². The van der Waals surface area contributed by atoms with Crippen molar-refractivity contribution >= 4 is 119 Å². The zero-order chi connectivity index (χ0) is 51.4. The van der Waals surface area contributed by atoms with Gasteiger partial charge in [-0.3, -0.25) is 4.98 Å². The van der Waals surface area contributed by atoms with Crippen LogP contribution in [0.1, 0.15) is 27.8 Å². The summed E-state index contributed by atoms with van der Waals surface area (Å²) in [6.45, 7) is 8.86. The minimum atomic E-state index is 0.552. The molecule has 6 nitrogen and oxygen atoms in total. The first kappa shape index (κ1) is 43.6. The molecule has 0 radical (unpaired) electrons. The summed E-state index contributed by atoms with van der Waals surface area (Å²) in [5.41, 5.74) is 20.0. The molecule has 16 aromatic rings. The Hall–Kier alpha value is -9.74. The molecular formula is C70H46N6S. The number of aromatic nitrogens is 5. The topological polar surface area (TPSA) is 56.4 Å². The molecule has 0 atom stereocenters. The molecule has 362 valence electrons. The summed E-state index contributed by atoms with van der Waals surface area (Å²) in [5, 5.41) is 23.3. The number of nitrogens with zero attached hydrogens (tertiary/aromatic N) is 6. The number of aryl methyl sites for hydroxylation is 4. The molecule has 6 aromatic heterocycles. The van der Waals surface area contributed by atoms with Crippen molar-refractivity contribution in [3.8, 4) is 39.9 Å². The summed E-state index contributed by atoms with van der Waals surface area (Å²) in [6, 6.07) is 76.1. The maximum absolute atomic E-state index is 13.0. The first-order valence-electron chi connectivity index (χ1n) is 26.3. The van der Waals surface area contributed by atoms with Crippen LogP contribution in [0.25, 0.3) is 141 Å². The first-order valence-corrected chi connectivity index (χ1v) is 27.1. The van der Waals surface area contributed by atoms with E-state index in [1.807, 2.05) is 12.3 Å². The van der Waals surface area contributed by atoms with Gasteiger partial charge in [0.15, 0.2) is 0 Å². The van der Waals surface area contributed by atoms with Gasteiger partial charge in [-0.05, 0) is 122 Å². The van der Waals surface area contributed by atoms with E-state index in [1.165, 1.54) is 33.0 Å². The highest BCUT2D eigenvalue weighted by molar-refractivity contribution is 7.25. The molecule has 0 bridgehead atoms. The molecule has 0 aliphatic heterocycles. The van der Waals surface area contributed by atoms with E-state index >= 15 is 0 Å². The lowest BCUT2D eigenvalue weighted by Crippen LogP contribution is -2.16. The lowest BCUT2D eigenvalue weighted by molar-refractivity contribution is 1.04. The number of hydrogen-bond acceptors (Lipinski definition) is 3. The van der Waals surface area contributed by atoms with Gasteiger partial charge >= 0.3 is 0 Å². The van der Waals surface area contributed by atoms with Gasteiger partial charge in [-0.25, -0.2) is 0 Å². The summed E-state index contributed by atoms with van der Waals surface area (Å²) < 4.78 is 12.1. The van der Waals surface area contributed by atoms with Crippen molar-refractivity contribution < 1.29 is 0 Å². The summed E-state index contributed by atoms with van der Waals surface area (Å²) >= 11 is 1.77. The SMILES string of the molecule is Cc1cccc2c1c1ccccc1n2-c1c(C#N)c(-n2c3ccccc3c3c(C)cccc32)c(-n2c3ccccc3c3c(C)cccc32)c(-c2ccc3c(c2)sc2cccnc23)c1-n1c2ccccc2c2c(C)cccc21. The second kappa shape index (κ2) is 16.1. The third-order valence-corrected chi connectivity index (χ3v) is 17.6. The van der Waals surface area contributed by atoms with E-state index < -0.39 is 0 Å². The fourth-order valence-corrected chi connectivity index (χ4v) is 14.6. The van der Waals surface area contributed by atoms with E-state index in [2.05, 4.69) is 246 Å². The van der Waals surface area contributed by atoms with Crippen molar-refractivity contribution in [3.05, 3.63) is 234 Å². The molecule has 0 fully saturated rings. The average Bonchev–Trinajstić information content (AvgIpc) is 4.18. The molecule has 0 aliphatic rings. The van der Waals surface area contributed by atoms with Crippen LogP contribution in [0.15, 0.2) is 206 Å². The number of rotatable bonds is 5. The highest BCUT2D eigenvalue weighted by Gasteiger charge is 2.35. The zero-order valence-electron chi connectivity index (χ0n) is 42.7. The van der Waals surface area contributed by atoms with E-state index in [4.69, 9.17) is 4.98 Å². The lowest BCUT2D eigenvalue weighted by Gasteiger charge is -2.29. The zero-order valence-corrected chi connectivity index (χ0v) is 43.5. The van der Waals surface area contributed by atoms with Crippen molar-refractivity contribution in [2.45, 2.75) is 27.7 Å². The summed E-state index contributed by atoms with van der Waals surface area (Å²) in [6.07, 6.45) is 1.90. The molecule has 16 rings (SSSR count). The molecule has 0 aliphatic carbocycles. The second-order valence-electron chi connectivity index (χ2n) is 20.7. The molecule has 0 amide bonds. The van der Waals surface area contributed by atoms with Gasteiger partial charge < -0.3 is 18.3 Å². The quantitative estimate of drug-likeness (QED) is 0.172. The highest BCUT2D eigenvalue weighted by Crippen LogP contribution is 2.53. The Morgan fingerprint density at radius 2 is 0.740 bits per heavy atom. The lowest BCUT2D eigenvalue weighted by atomic mass is 9.93. The average molecular weight is 1000 g/mol. The third-order valence-electron chi connectivity index (χ3n) is 16.5.